The molecule has 0 saturated heterocycles. The number of ether oxygens (including phenoxy) is 2. The van der Waals surface area contributed by atoms with Crippen molar-refractivity contribution in [3.8, 4) is 11.5 Å². The molecule has 43 heavy (non-hydrogen) atoms. The summed E-state index contributed by atoms with van der Waals surface area (Å²) in [5, 5.41) is 3.39. The fourth-order valence-corrected chi connectivity index (χ4v) is 6.91. The summed E-state index contributed by atoms with van der Waals surface area (Å²) >= 11 is 6.30. The zero-order valence-corrected chi connectivity index (χ0v) is 26.2. The van der Waals surface area contributed by atoms with Gasteiger partial charge in [-0.15, -0.1) is 0 Å². The predicted octanol–water partition coefficient (Wildman–Crippen LogP) is 5.42. The van der Waals surface area contributed by atoms with Gasteiger partial charge in [-0.3, -0.25) is 13.9 Å². The number of sulfonamides is 1. The van der Waals surface area contributed by atoms with Crippen LogP contribution in [0.1, 0.15) is 44.6 Å². The van der Waals surface area contributed by atoms with E-state index in [1.807, 2.05) is 19.1 Å². The molecule has 9 nitrogen and oxygen atoms in total. The molecule has 0 heterocycles. The number of carbonyl (C=O) groups is 2. The van der Waals surface area contributed by atoms with Crippen LogP contribution in [0.15, 0.2) is 77.7 Å². The van der Waals surface area contributed by atoms with E-state index in [0.717, 1.165) is 35.6 Å². The van der Waals surface area contributed by atoms with Gasteiger partial charge in [0.15, 0.2) is 0 Å². The lowest BCUT2D eigenvalue weighted by Gasteiger charge is -2.34. The van der Waals surface area contributed by atoms with Crippen LogP contribution in [0.25, 0.3) is 0 Å². The van der Waals surface area contributed by atoms with E-state index < -0.39 is 28.5 Å². The molecule has 1 saturated carbocycles. The van der Waals surface area contributed by atoms with Gasteiger partial charge in [0.1, 0.15) is 24.1 Å². The van der Waals surface area contributed by atoms with Gasteiger partial charge in [0.05, 0.1) is 24.8 Å². The number of hydrogen-bond donors (Lipinski definition) is 1. The van der Waals surface area contributed by atoms with Crippen molar-refractivity contribution in [1.29, 1.82) is 0 Å². The van der Waals surface area contributed by atoms with Crippen molar-refractivity contribution in [2.24, 2.45) is 0 Å². The highest BCUT2D eigenvalue weighted by atomic mass is 35.5. The van der Waals surface area contributed by atoms with Crippen LogP contribution in [0.4, 0.5) is 5.69 Å². The molecule has 1 N–H and O–H groups in total. The van der Waals surface area contributed by atoms with Crippen LogP contribution in [0.2, 0.25) is 5.02 Å². The van der Waals surface area contributed by atoms with E-state index in [9.17, 15) is 18.0 Å². The van der Waals surface area contributed by atoms with Gasteiger partial charge >= 0.3 is 0 Å². The number of benzene rings is 3. The molecule has 0 spiro atoms. The molecule has 230 valence electrons. The first-order valence-electron chi connectivity index (χ1n) is 14.3. The highest BCUT2D eigenvalue weighted by molar-refractivity contribution is 7.92. The van der Waals surface area contributed by atoms with Crippen molar-refractivity contribution >= 4 is 39.1 Å². The topological polar surface area (TPSA) is 105 Å². The Morgan fingerprint density at radius 3 is 2.26 bits per heavy atom. The number of amides is 2. The summed E-state index contributed by atoms with van der Waals surface area (Å²) in [4.78, 5) is 29.3. The third-order valence-electron chi connectivity index (χ3n) is 7.62. The molecule has 1 aliphatic carbocycles. The second-order valence-corrected chi connectivity index (χ2v) is 12.7. The number of nitrogens with zero attached hydrogens (tertiary/aromatic N) is 2. The summed E-state index contributed by atoms with van der Waals surface area (Å²) in [5.74, 6) is 0.0742. The van der Waals surface area contributed by atoms with E-state index >= 15 is 0 Å². The standard InChI is InChI=1S/C32H38ClN3O6S/c1-4-28(32(38)34-25-10-8-9-11-25)35(21-23-14-17-26(41-2)18-15-23)31(37)22-36(29-20-24(33)16-19-30(29)42-3)43(39,40)27-12-6-5-7-13-27/h5-7,12-20,25,28H,4,8-11,21-22H2,1-3H3,(H,34,38). The zero-order chi connectivity index (χ0) is 31.0. The molecular formula is C32H38ClN3O6S. The molecule has 1 aliphatic rings. The molecule has 0 aliphatic heterocycles. The van der Waals surface area contributed by atoms with Gasteiger partial charge in [0, 0.05) is 17.6 Å². The maximum absolute atomic E-state index is 14.3. The lowest BCUT2D eigenvalue weighted by molar-refractivity contribution is -0.140. The molecule has 0 radical (unpaired) electrons. The maximum Gasteiger partial charge on any atom is 0.264 e. The Morgan fingerprint density at radius 1 is 0.977 bits per heavy atom. The number of methoxy groups -OCH3 is 2. The van der Waals surface area contributed by atoms with E-state index in [2.05, 4.69) is 5.32 Å². The molecule has 0 aromatic heterocycles. The Labute approximate surface area is 258 Å². The number of nitrogens with one attached hydrogen (secondary N) is 1. The van der Waals surface area contributed by atoms with Crippen molar-refractivity contribution < 1.29 is 27.5 Å². The summed E-state index contributed by atoms with van der Waals surface area (Å²) in [6, 6.07) is 18.9. The average Bonchev–Trinajstić information content (AvgIpc) is 3.53. The van der Waals surface area contributed by atoms with Gasteiger partial charge in [0.25, 0.3) is 10.0 Å². The van der Waals surface area contributed by atoms with Gasteiger partial charge < -0.3 is 19.7 Å². The molecule has 2 amide bonds. The van der Waals surface area contributed by atoms with Crippen LogP contribution in [-0.4, -0.2) is 58.0 Å². The Morgan fingerprint density at radius 2 is 1.65 bits per heavy atom. The third-order valence-corrected chi connectivity index (χ3v) is 9.63. The third kappa shape index (κ3) is 7.80. The first-order chi connectivity index (χ1) is 20.7. The summed E-state index contributed by atoms with van der Waals surface area (Å²) in [7, 11) is -1.27. The van der Waals surface area contributed by atoms with Gasteiger partial charge in [-0.25, -0.2) is 8.42 Å². The Hall–Kier alpha value is -3.76. The fraction of sp³-hybridized carbons (Fsp3) is 0.375. The van der Waals surface area contributed by atoms with Gasteiger partial charge in [-0.1, -0.05) is 61.7 Å². The summed E-state index contributed by atoms with van der Waals surface area (Å²) in [6.07, 6.45) is 4.22. The van der Waals surface area contributed by atoms with Crippen molar-refractivity contribution in [3.63, 3.8) is 0 Å². The predicted molar refractivity (Wildman–Crippen MR) is 167 cm³/mol. The average molecular weight is 628 g/mol. The van der Waals surface area contributed by atoms with Crippen molar-refractivity contribution in [1.82, 2.24) is 10.2 Å². The molecule has 1 atom stereocenters. The first-order valence-corrected chi connectivity index (χ1v) is 16.1. The number of halogens is 1. The van der Waals surface area contributed by atoms with Crippen molar-refractivity contribution in [2.75, 3.05) is 25.1 Å². The van der Waals surface area contributed by atoms with E-state index in [4.69, 9.17) is 21.1 Å². The lowest BCUT2D eigenvalue weighted by atomic mass is 10.1. The Balaban J connectivity index is 1.75. The maximum atomic E-state index is 14.3. The molecule has 1 unspecified atom stereocenters. The number of hydrogen-bond acceptors (Lipinski definition) is 6. The van der Waals surface area contributed by atoms with Crippen LogP contribution in [0.3, 0.4) is 0 Å². The molecule has 3 aromatic rings. The second-order valence-electron chi connectivity index (χ2n) is 10.4. The Kier molecular flexibility index (Phi) is 10.9. The smallest absolute Gasteiger partial charge is 0.264 e. The largest absolute Gasteiger partial charge is 0.497 e. The summed E-state index contributed by atoms with van der Waals surface area (Å²) in [5.41, 5.74) is 0.874. The minimum Gasteiger partial charge on any atom is -0.497 e. The zero-order valence-electron chi connectivity index (χ0n) is 24.7. The Bertz CT molecular complexity index is 1500. The molecule has 0 bridgehead atoms. The molecule has 3 aromatic carbocycles. The van der Waals surface area contributed by atoms with Gasteiger partial charge in [-0.05, 0) is 67.3 Å². The molecule has 4 rings (SSSR count). The number of anilines is 1. The van der Waals surface area contributed by atoms with E-state index in [-0.39, 0.29) is 39.8 Å². The normalized spacial score (nSPS) is 14.1. The van der Waals surface area contributed by atoms with Crippen LogP contribution >= 0.6 is 11.6 Å². The SMILES string of the molecule is CCC(C(=O)NC1CCCC1)N(Cc1ccc(OC)cc1)C(=O)CN(c1cc(Cl)ccc1OC)S(=O)(=O)c1ccccc1. The number of rotatable bonds is 13. The highest BCUT2D eigenvalue weighted by Crippen LogP contribution is 2.35. The minimum atomic E-state index is -4.26. The quantitative estimate of drug-likeness (QED) is 0.271. The van der Waals surface area contributed by atoms with Crippen LogP contribution in [0.5, 0.6) is 11.5 Å². The monoisotopic (exact) mass is 627 g/mol. The first kappa shape index (κ1) is 32.2. The second kappa shape index (κ2) is 14.6. The summed E-state index contributed by atoms with van der Waals surface area (Å²) in [6.45, 7) is 1.34. The van der Waals surface area contributed by atoms with E-state index in [0.29, 0.717) is 12.2 Å². The lowest BCUT2D eigenvalue weighted by Crippen LogP contribution is -2.53. The summed E-state index contributed by atoms with van der Waals surface area (Å²) < 4.78 is 39.9. The van der Waals surface area contributed by atoms with Crippen LogP contribution in [0, 0.1) is 0 Å². The highest BCUT2D eigenvalue weighted by Gasteiger charge is 2.35. The van der Waals surface area contributed by atoms with Crippen molar-refractivity contribution in [3.05, 3.63) is 83.4 Å². The van der Waals surface area contributed by atoms with Gasteiger partial charge in [0.2, 0.25) is 11.8 Å². The van der Waals surface area contributed by atoms with E-state index in [1.165, 1.54) is 30.2 Å². The van der Waals surface area contributed by atoms with Crippen LogP contribution < -0.4 is 19.1 Å². The fourth-order valence-electron chi connectivity index (χ4n) is 5.31. The number of carbonyl (C=O) groups excluding carboxylic acids is 2. The van der Waals surface area contributed by atoms with Crippen molar-refractivity contribution in [2.45, 2.75) is 62.6 Å². The molecule has 1 fully saturated rings. The minimum absolute atomic E-state index is 0.00227. The van der Waals surface area contributed by atoms with E-state index in [1.54, 1.807) is 49.6 Å². The van der Waals surface area contributed by atoms with Crippen LogP contribution in [-0.2, 0) is 26.2 Å². The molecular weight excluding hydrogens is 590 g/mol. The van der Waals surface area contributed by atoms with Gasteiger partial charge in [-0.2, -0.15) is 0 Å². The molecule has 11 heteroatoms.